The molecule has 0 saturated carbocycles. The van der Waals surface area contributed by atoms with Crippen LogP contribution >= 0.6 is 23.2 Å². The Bertz CT molecular complexity index is 1580. The van der Waals surface area contributed by atoms with Gasteiger partial charge in [0.2, 0.25) is 0 Å². The Kier molecular flexibility index (Phi) is 7.50. The number of anilines is 1. The number of aromatic amines is 2. The highest BCUT2D eigenvalue weighted by molar-refractivity contribution is 6.32. The van der Waals surface area contributed by atoms with Gasteiger partial charge in [-0.2, -0.15) is 5.10 Å². The van der Waals surface area contributed by atoms with Crippen LogP contribution in [-0.2, 0) is 19.5 Å². The first-order chi connectivity index (χ1) is 18.4. The number of nitrogen functional groups attached to an aromatic ring is 1. The van der Waals surface area contributed by atoms with Gasteiger partial charge in [-0.25, -0.2) is 9.78 Å². The molecule has 5 aromatic rings. The second-order valence-corrected chi connectivity index (χ2v) is 9.65. The Morgan fingerprint density at radius 2 is 1.84 bits per heavy atom. The maximum Gasteiger partial charge on any atom is 0.315 e. The van der Waals surface area contributed by atoms with Crippen LogP contribution < -0.4 is 22.1 Å². The molecule has 0 aliphatic rings. The van der Waals surface area contributed by atoms with E-state index in [1.807, 2.05) is 54.6 Å². The predicted octanol–water partition coefficient (Wildman–Crippen LogP) is 5.08. The summed E-state index contributed by atoms with van der Waals surface area (Å²) in [7, 11) is 0. The van der Waals surface area contributed by atoms with E-state index in [0.29, 0.717) is 40.5 Å². The number of amides is 2. The lowest BCUT2D eigenvalue weighted by atomic mass is 10.1. The van der Waals surface area contributed by atoms with E-state index in [4.69, 9.17) is 39.7 Å². The van der Waals surface area contributed by atoms with Crippen molar-refractivity contribution in [1.82, 2.24) is 30.8 Å². The molecule has 1 atom stereocenters. The second kappa shape index (κ2) is 11.1. The predicted molar refractivity (Wildman–Crippen MR) is 151 cm³/mol. The number of urea groups is 1. The fourth-order valence-electron chi connectivity index (χ4n) is 4.32. The van der Waals surface area contributed by atoms with Gasteiger partial charge in [0.05, 0.1) is 11.6 Å². The van der Waals surface area contributed by atoms with Crippen LogP contribution in [0.15, 0.2) is 66.7 Å². The highest BCUT2D eigenvalue weighted by Crippen LogP contribution is 2.31. The van der Waals surface area contributed by atoms with E-state index < -0.39 is 6.04 Å². The molecule has 0 radical (unpaired) electrons. The smallest absolute Gasteiger partial charge is 0.315 e. The summed E-state index contributed by atoms with van der Waals surface area (Å²) in [5.74, 6) is 0.952. The minimum atomic E-state index is -0.483. The summed E-state index contributed by atoms with van der Waals surface area (Å²) in [6, 6.07) is 20.1. The Hall–Kier alpha value is -4.05. The van der Waals surface area contributed by atoms with Crippen LogP contribution in [0.1, 0.15) is 28.6 Å². The average molecular weight is 549 g/mol. The molecule has 2 amide bonds. The molecule has 194 valence electrons. The van der Waals surface area contributed by atoms with E-state index in [1.165, 1.54) is 0 Å². The highest BCUT2D eigenvalue weighted by atomic mass is 35.5. The fourth-order valence-corrected chi connectivity index (χ4v) is 4.77. The van der Waals surface area contributed by atoms with Gasteiger partial charge in [-0.1, -0.05) is 65.7 Å². The third-order valence-corrected chi connectivity index (χ3v) is 6.80. The molecule has 8 N–H and O–H groups in total. The molecule has 3 aromatic carbocycles. The summed E-state index contributed by atoms with van der Waals surface area (Å²) < 4.78 is 0. The van der Waals surface area contributed by atoms with Crippen LogP contribution in [0.4, 0.5) is 10.6 Å². The van der Waals surface area contributed by atoms with Crippen LogP contribution in [0.5, 0.6) is 0 Å². The van der Waals surface area contributed by atoms with E-state index >= 15 is 0 Å². The molecule has 0 unspecified atom stereocenters. The molecule has 0 fully saturated rings. The molecule has 2 heterocycles. The third kappa shape index (κ3) is 5.60. The van der Waals surface area contributed by atoms with Crippen molar-refractivity contribution in [1.29, 1.82) is 0 Å². The van der Waals surface area contributed by atoms with Crippen molar-refractivity contribution in [3.63, 3.8) is 0 Å². The van der Waals surface area contributed by atoms with Gasteiger partial charge in [-0.15, -0.1) is 0 Å². The molecular weight excluding hydrogens is 523 g/mol. The number of carbonyl (C=O) groups excluding carboxylic acids is 1. The van der Waals surface area contributed by atoms with Crippen LogP contribution in [0.2, 0.25) is 10.2 Å². The third-order valence-electron chi connectivity index (χ3n) is 6.29. The summed E-state index contributed by atoms with van der Waals surface area (Å²) in [6.45, 7) is 0.617. The van der Waals surface area contributed by atoms with Gasteiger partial charge in [-0.05, 0) is 47.4 Å². The quantitative estimate of drug-likeness (QED) is 0.160. The van der Waals surface area contributed by atoms with Crippen molar-refractivity contribution in [3.05, 3.63) is 99.4 Å². The summed E-state index contributed by atoms with van der Waals surface area (Å²) >= 11 is 12.7. The first kappa shape index (κ1) is 25.6. The molecule has 9 nitrogen and oxygen atoms in total. The Balaban J connectivity index is 1.39. The van der Waals surface area contributed by atoms with Crippen LogP contribution in [0.25, 0.3) is 22.2 Å². The average Bonchev–Trinajstić information content (AvgIpc) is 3.49. The van der Waals surface area contributed by atoms with Crippen molar-refractivity contribution in [3.8, 4) is 11.3 Å². The molecular formula is C27H26Cl2N8O. The van der Waals surface area contributed by atoms with Crippen LogP contribution in [-0.4, -0.2) is 26.2 Å². The topological polar surface area (TPSA) is 151 Å². The van der Waals surface area contributed by atoms with Crippen LogP contribution in [0, 0.1) is 0 Å². The number of nitrogens with two attached hydrogens (primary N) is 2. The lowest BCUT2D eigenvalue weighted by Crippen LogP contribution is -2.39. The van der Waals surface area contributed by atoms with E-state index in [2.05, 4.69) is 25.8 Å². The van der Waals surface area contributed by atoms with Gasteiger partial charge in [0.25, 0.3) is 0 Å². The first-order valence-electron chi connectivity index (χ1n) is 12.0. The van der Waals surface area contributed by atoms with Gasteiger partial charge in [-0.3, -0.25) is 5.10 Å². The van der Waals surface area contributed by atoms with E-state index in [0.717, 1.165) is 33.2 Å². The number of hydrogen-bond donors (Lipinski definition) is 6. The Morgan fingerprint density at radius 1 is 1.03 bits per heavy atom. The number of fused-ring (bicyclic) bond motifs is 1. The molecule has 0 aliphatic heterocycles. The summed E-state index contributed by atoms with van der Waals surface area (Å²) in [5.41, 5.74) is 16.6. The minimum absolute atomic E-state index is 0.272. The number of imidazole rings is 1. The monoisotopic (exact) mass is 548 g/mol. The molecule has 0 aliphatic carbocycles. The molecule has 0 bridgehead atoms. The lowest BCUT2D eigenvalue weighted by Gasteiger charge is -2.18. The molecule has 0 saturated heterocycles. The number of nitrogens with one attached hydrogen (secondary N) is 4. The maximum absolute atomic E-state index is 13.0. The highest BCUT2D eigenvalue weighted by Gasteiger charge is 2.22. The zero-order valence-corrected chi connectivity index (χ0v) is 21.8. The number of H-pyrrole nitrogens is 2. The second-order valence-electron chi connectivity index (χ2n) is 8.84. The van der Waals surface area contributed by atoms with Gasteiger partial charge in [0.15, 0.2) is 5.82 Å². The van der Waals surface area contributed by atoms with Gasteiger partial charge in [0.1, 0.15) is 16.7 Å². The molecule has 2 aromatic heterocycles. The SMILES string of the molecule is NCc1ccc(Cl)cc1CNC(=O)N[C@@H](Cc1ccccc1)c1nc(-c2ccc3c(N)n[nH]c3c2)c(Cl)[nH]1. The van der Waals surface area contributed by atoms with Gasteiger partial charge < -0.3 is 27.1 Å². The number of nitrogens with zero attached hydrogens (tertiary/aromatic N) is 2. The lowest BCUT2D eigenvalue weighted by molar-refractivity contribution is 0.236. The maximum atomic E-state index is 13.0. The largest absolute Gasteiger partial charge is 0.382 e. The molecule has 5 rings (SSSR count). The van der Waals surface area contributed by atoms with Crippen molar-refractivity contribution in [2.45, 2.75) is 25.6 Å². The zero-order valence-electron chi connectivity index (χ0n) is 20.3. The molecule has 0 spiro atoms. The van der Waals surface area contributed by atoms with Crippen molar-refractivity contribution in [2.24, 2.45) is 5.73 Å². The standard InChI is InChI=1S/C27H26Cl2N8O/c28-19-8-6-17(13-30)18(11-19)14-32-27(38)33-22(10-15-4-2-1-3-5-15)26-34-23(24(29)35-26)16-7-9-20-21(12-16)36-37-25(20)31/h1-9,11-12,22H,10,13-14,30H2,(H,34,35)(H3,31,36,37)(H2,32,33,38)/t22-/m0/s1. The molecule has 38 heavy (non-hydrogen) atoms. The number of halogens is 2. The van der Waals surface area contributed by atoms with Crippen molar-refractivity contribution < 1.29 is 4.79 Å². The van der Waals surface area contributed by atoms with Gasteiger partial charge >= 0.3 is 6.03 Å². The number of hydrogen-bond acceptors (Lipinski definition) is 5. The summed E-state index contributed by atoms with van der Waals surface area (Å²) in [6.07, 6.45) is 0.499. The van der Waals surface area contributed by atoms with E-state index in [9.17, 15) is 4.79 Å². The number of benzene rings is 3. The fraction of sp³-hybridized carbons (Fsp3) is 0.148. The summed E-state index contributed by atoms with van der Waals surface area (Å²) in [5, 5.41) is 14.6. The van der Waals surface area contributed by atoms with E-state index in [1.54, 1.807) is 12.1 Å². The minimum Gasteiger partial charge on any atom is -0.382 e. The number of carbonyl (C=O) groups is 1. The number of rotatable bonds is 8. The number of aromatic nitrogens is 4. The zero-order chi connectivity index (χ0) is 26.6. The van der Waals surface area contributed by atoms with E-state index in [-0.39, 0.29) is 12.6 Å². The first-order valence-corrected chi connectivity index (χ1v) is 12.7. The van der Waals surface area contributed by atoms with Crippen molar-refractivity contribution >= 4 is 46.0 Å². The molecule has 11 heteroatoms. The van der Waals surface area contributed by atoms with Gasteiger partial charge in [0, 0.05) is 29.1 Å². The van der Waals surface area contributed by atoms with Crippen LogP contribution in [0.3, 0.4) is 0 Å². The Morgan fingerprint density at radius 3 is 2.63 bits per heavy atom. The van der Waals surface area contributed by atoms with Crippen molar-refractivity contribution in [2.75, 3.05) is 5.73 Å². The normalized spacial score (nSPS) is 12.0. The Labute approximate surface area is 228 Å². The summed E-state index contributed by atoms with van der Waals surface area (Å²) in [4.78, 5) is 20.9.